The summed E-state index contributed by atoms with van der Waals surface area (Å²) in [5, 5.41) is 3.71. The number of hydrogen-bond donors (Lipinski definition) is 2. The number of primary amides is 1. The Morgan fingerprint density at radius 2 is 2.00 bits per heavy atom. The van der Waals surface area contributed by atoms with Crippen LogP contribution in [0.5, 0.6) is 0 Å². The number of nitrogens with one attached hydrogen (secondary N) is 1. The van der Waals surface area contributed by atoms with Crippen LogP contribution in [0.4, 0.5) is 0 Å². The van der Waals surface area contributed by atoms with Crippen LogP contribution in [0.2, 0.25) is 5.02 Å². The summed E-state index contributed by atoms with van der Waals surface area (Å²) >= 11 is 5.87. The second-order valence-corrected chi connectivity index (χ2v) is 6.09. The first-order valence-corrected chi connectivity index (χ1v) is 7.74. The fraction of sp³-hybridized carbons (Fsp3) is 0.222. The summed E-state index contributed by atoms with van der Waals surface area (Å²) in [6, 6.07) is 14.5. The summed E-state index contributed by atoms with van der Waals surface area (Å²) in [4.78, 5) is 24.3. The highest BCUT2D eigenvalue weighted by molar-refractivity contribution is 6.30. The lowest BCUT2D eigenvalue weighted by molar-refractivity contribution is -0.123. The Bertz CT molecular complexity index is 743. The van der Waals surface area contributed by atoms with Gasteiger partial charge in [-0.1, -0.05) is 41.9 Å². The number of rotatable bonds is 4. The van der Waals surface area contributed by atoms with E-state index in [9.17, 15) is 9.59 Å². The molecule has 2 aromatic rings. The Kier molecular flexibility index (Phi) is 4.46. The Morgan fingerprint density at radius 1 is 1.26 bits per heavy atom. The molecular weight excluding hydrogens is 312 g/mol. The lowest BCUT2D eigenvalue weighted by Gasteiger charge is -2.30. The van der Waals surface area contributed by atoms with Crippen LogP contribution >= 0.6 is 11.6 Å². The maximum absolute atomic E-state index is 12.7. The molecule has 0 saturated heterocycles. The van der Waals surface area contributed by atoms with Crippen LogP contribution in [-0.4, -0.2) is 17.7 Å². The lowest BCUT2D eigenvalue weighted by Crippen LogP contribution is -2.50. The van der Waals surface area contributed by atoms with Gasteiger partial charge in [-0.3, -0.25) is 14.9 Å². The third-order valence-electron chi connectivity index (χ3n) is 4.05. The van der Waals surface area contributed by atoms with E-state index in [1.165, 1.54) is 0 Å². The Morgan fingerprint density at radius 3 is 2.70 bits per heavy atom. The van der Waals surface area contributed by atoms with E-state index < -0.39 is 18.0 Å². The van der Waals surface area contributed by atoms with Crippen LogP contribution in [0.3, 0.4) is 0 Å². The minimum atomic E-state index is -0.544. The van der Waals surface area contributed by atoms with Crippen molar-refractivity contribution >= 4 is 23.3 Å². The molecule has 23 heavy (non-hydrogen) atoms. The number of ketones is 1. The fourth-order valence-electron chi connectivity index (χ4n) is 2.86. The van der Waals surface area contributed by atoms with E-state index in [1.807, 2.05) is 24.3 Å². The minimum absolute atomic E-state index is 0.00859. The second-order valence-electron chi connectivity index (χ2n) is 5.65. The van der Waals surface area contributed by atoms with Crippen molar-refractivity contribution in [2.75, 3.05) is 0 Å². The summed E-state index contributed by atoms with van der Waals surface area (Å²) < 4.78 is 0. The molecule has 1 radical (unpaired) electrons. The van der Waals surface area contributed by atoms with Gasteiger partial charge in [-0.15, -0.1) is 0 Å². The number of carbonyl (C=O) groups is 2. The summed E-state index contributed by atoms with van der Waals surface area (Å²) in [6.07, 6.45) is 0.741. The molecule has 5 heteroatoms. The van der Waals surface area contributed by atoms with Gasteiger partial charge in [-0.25, -0.2) is 0 Å². The van der Waals surface area contributed by atoms with Crippen molar-refractivity contribution in [3.63, 3.8) is 0 Å². The quantitative estimate of drug-likeness (QED) is 0.902. The number of carbonyl (C=O) groups excluding carboxylic acids is 2. The van der Waals surface area contributed by atoms with Crippen LogP contribution in [-0.2, 0) is 22.4 Å². The minimum Gasteiger partial charge on any atom is -0.368 e. The maximum Gasteiger partial charge on any atom is 0.234 e. The highest BCUT2D eigenvalue weighted by Gasteiger charge is 2.32. The smallest absolute Gasteiger partial charge is 0.234 e. The molecule has 2 atom stereocenters. The standard InChI is InChI=1S/C18H16ClN2O2/c19-13-7-5-11(6-8-13)9-16(22)17-14-4-2-1-3-12(14)10-15(21-17)18(20)23/h2-8,15,17,21H,9-10H2,(H2,20,23). The number of hydrogen-bond acceptors (Lipinski definition) is 3. The number of Topliss-reactive ketones (excluding diaryl/α,β-unsaturated/α-hetero) is 1. The van der Waals surface area contributed by atoms with Gasteiger partial charge in [0.05, 0.1) is 12.1 Å². The zero-order valence-corrected chi connectivity index (χ0v) is 13.1. The largest absolute Gasteiger partial charge is 0.368 e. The zero-order valence-electron chi connectivity index (χ0n) is 12.4. The predicted molar refractivity (Wildman–Crippen MR) is 88.0 cm³/mol. The van der Waals surface area contributed by atoms with Gasteiger partial charge < -0.3 is 5.73 Å². The lowest BCUT2D eigenvalue weighted by atomic mass is 9.86. The monoisotopic (exact) mass is 327 g/mol. The van der Waals surface area contributed by atoms with E-state index in [2.05, 4.69) is 11.4 Å². The zero-order chi connectivity index (χ0) is 16.4. The average molecular weight is 328 g/mol. The van der Waals surface area contributed by atoms with E-state index >= 15 is 0 Å². The van der Waals surface area contributed by atoms with Crippen molar-refractivity contribution in [1.82, 2.24) is 5.32 Å². The van der Waals surface area contributed by atoms with Gasteiger partial charge in [0.2, 0.25) is 5.91 Å². The molecule has 2 aromatic carbocycles. The van der Waals surface area contributed by atoms with Gasteiger partial charge in [-0.05, 0) is 41.3 Å². The van der Waals surface area contributed by atoms with Crippen LogP contribution < -0.4 is 11.1 Å². The second kappa shape index (κ2) is 6.52. The van der Waals surface area contributed by atoms with Crippen LogP contribution in [0.1, 0.15) is 22.7 Å². The number of nitrogens with two attached hydrogens (primary N) is 1. The Hall–Kier alpha value is -2.17. The maximum atomic E-state index is 12.7. The van der Waals surface area contributed by atoms with Crippen molar-refractivity contribution in [3.8, 4) is 0 Å². The third kappa shape index (κ3) is 3.44. The molecule has 0 fully saturated rings. The van der Waals surface area contributed by atoms with Gasteiger partial charge in [0.15, 0.2) is 5.78 Å². The molecule has 117 valence electrons. The van der Waals surface area contributed by atoms with Crippen molar-refractivity contribution in [1.29, 1.82) is 0 Å². The Labute approximate surface area is 139 Å². The van der Waals surface area contributed by atoms with Crippen molar-refractivity contribution in [2.24, 2.45) is 5.73 Å². The van der Waals surface area contributed by atoms with Gasteiger partial charge in [-0.2, -0.15) is 0 Å². The molecule has 0 spiro atoms. The molecule has 3 rings (SSSR count). The van der Waals surface area contributed by atoms with Crippen LogP contribution in [0, 0.1) is 6.07 Å². The SMILES string of the molecule is NC(=O)C1Cc2c[c]ccc2C(C(=O)Cc2ccc(Cl)cc2)N1. The third-order valence-corrected chi connectivity index (χ3v) is 4.30. The predicted octanol–water partition coefficient (Wildman–Crippen LogP) is 1.99. The first kappa shape index (κ1) is 15.7. The number of amides is 1. The van der Waals surface area contributed by atoms with Crippen LogP contribution in [0.15, 0.2) is 42.5 Å². The molecule has 1 aliphatic heterocycles. The summed E-state index contributed by atoms with van der Waals surface area (Å²) in [5.41, 5.74) is 8.12. The van der Waals surface area contributed by atoms with Crippen LogP contribution in [0.25, 0.3) is 0 Å². The van der Waals surface area contributed by atoms with Gasteiger partial charge in [0.1, 0.15) is 0 Å². The van der Waals surface area contributed by atoms with E-state index in [-0.39, 0.29) is 12.2 Å². The molecule has 0 bridgehead atoms. The fourth-order valence-corrected chi connectivity index (χ4v) is 2.99. The van der Waals surface area contributed by atoms with E-state index in [0.717, 1.165) is 16.7 Å². The number of fused-ring (bicyclic) bond motifs is 1. The average Bonchev–Trinajstić information content (AvgIpc) is 2.55. The highest BCUT2D eigenvalue weighted by atomic mass is 35.5. The molecule has 0 aromatic heterocycles. The molecule has 1 amide bonds. The van der Waals surface area contributed by atoms with E-state index in [4.69, 9.17) is 17.3 Å². The van der Waals surface area contributed by atoms with Gasteiger partial charge >= 0.3 is 0 Å². The topological polar surface area (TPSA) is 72.2 Å². The molecule has 3 N–H and O–H groups in total. The highest BCUT2D eigenvalue weighted by Crippen LogP contribution is 2.27. The molecule has 2 unspecified atom stereocenters. The summed E-state index contributed by atoms with van der Waals surface area (Å²) in [5.74, 6) is -0.463. The molecule has 0 saturated carbocycles. The Balaban J connectivity index is 1.86. The molecular formula is C18H16ClN2O2. The van der Waals surface area contributed by atoms with Crippen molar-refractivity contribution in [2.45, 2.75) is 24.9 Å². The van der Waals surface area contributed by atoms with Crippen molar-refractivity contribution < 1.29 is 9.59 Å². The number of halogens is 1. The van der Waals surface area contributed by atoms with Gasteiger partial charge in [0, 0.05) is 11.4 Å². The first-order valence-electron chi connectivity index (χ1n) is 7.36. The molecule has 0 aliphatic carbocycles. The van der Waals surface area contributed by atoms with E-state index in [0.29, 0.717) is 11.4 Å². The van der Waals surface area contributed by atoms with E-state index in [1.54, 1.807) is 18.2 Å². The first-order chi connectivity index (χ1) is 11.0. The normalized spacial score (nSPS) is 19.9. The molecule has 1 aliphatic rings. The summed E-state index contributed by atoms with van der Waals surface area (Å²) in [7, 11) is 0. The molecule has 1 heterocycles. The molecule has 4 nitrogen and oxygen atoms in total. The van der Waals surface area contributed by atoms with Gasteiger partial charge in [0.25, 0.3) is 0 Å². The van der Waals surface area contributed by atoms with Crippen molar-refractivity contribution in [3.05, 3.63) is 70.2 Å². The summed E-state index contributed by atoms with van der Waals surface area (Å²) in [6.45, 7) is 0. The number of benzene rings is 2.